The van der Waals surface area contributed by atoms with Crippen molar-refractivity contribution in [1.82, 2.24) is 30.7 Å². The van der Waals surface area contributed by atoms with Crippen LogP contribution in [0.4, 0.5) is 16.2 Å². The maximum absolute atomic E-state index is 13.6. The van der Waals surface area contributed by atoms with Gasteiger partial charge in [0.25, 0.3) is 0 Å². The Hall–Kier alpha value is -5.65. The van der Waals surface area contributed by atoms with Gasteiger partial charge in [0.15, 0.2) is 11.0 Å². The molecule has 0 saturated carbocycles. The molecule has 4 amide bonds. The third kappa shape index (κ3) is 10.4. The lowest BCUT2D eigenvalue weighted by molar-refractivity contribution is -0.139. The van der Waals surface area contributed by atoms with Crippen LogP contribution < -0.4 is 20.7 Å². The lowest BCUT2D eigenvalue weighted by atomic mass is 9.76. The van der Waals surface area contributed by atoms with Crippen LogP contribution in [0.25, 0.3) is 11.0 Å². The minimum atomic E-state index is -0.156. The zero-order valence-electron chi connectivity index (χ0n) is 32.4. The minimum Gasteiger partial charge on any atom is -0.492 e. The fraction of sp³-hybridized carbons (Fsp3) is 0.488. The highest BCUT2D eigenvalue weighted by Crippen LogP contribution is 2.39. The predicted octanol–water partition coefficient (Wildman–Crippen LogP) is 4.20. The number of amides is 4. The van der Waals surface area contributed by atoms with Crippen LogP contribution in [0.2, 0.25) is 0 Å². The number of rotatable bonds is 18. The number of anilines is 1. The van der Waals surface area contributed by atoms with Crippen molar-refractivity contribution in [3.63, 3.8) is 0 Å². The Morgan fingerprint density at radius 1 is 0.862 bits per heavy atom. The first-order valence-electron chi connectivity index (χ1n) is 19.9. The van der Waals surface area contributed by atoms with Crippen molar-refractivity contribution < 1.29 is 38.0 Å². The van der Waals surface area contributed by atoms with Crippen molar-refractivity contribution in [3.8, 4) is 5.75 Å². The number of likely N-dealkylation sites (tertiary alicyclic amines) is 2. The number of nitrogens with one attached hydrogen (secondary N) is 3. The first-order valence-corrected chi connectivity index (χ1v) is 19.9. The van der Waals surface area contributed by atoms with Gasteiger partial charge >= 0.3 is 6.03 Å². The van der Waals surface area contributed by atoms with Gasteiger partial charge in [-0.3, -0.25) is 9.59 Å². The molecule has 0 radical (unpaired) electrons. The standard InChI is InChI=1S/C41H50N8O9/c50-36(14-20-54-23-24-55-21-15-42-32-9-10-33(45-53)40-39(32)46-58-47-40)43-16-22-56-31-8-4-7-30(25-31)38(28-5-2-1-3-6-28)29-11-17-48(18-12-29)41(52)49-19-13-35-34(26-49)44-37(51)27-57-35/h1-10,25,29,34-35,38,42H,11-24,26-27H2,(H,43,50)(H,44,51)/t34-,35+,38+/m1/s1. The maximum atomic E-state index is 13.6. The summed E-state index contributed by atoms with van der Waals surface area (Å²) in [6.45, 7) is 5.08. The van der Waals surface area contributed by atoms with Gasteiger partial charge in [0.1, 0.15) is 24.7 Å². The summed E-state index contributed by atoms with van der Waals surface area (Å²) in [4.78, 5) is 52.5. The number of hydrogen-bond acceptors (Lipinski definition) is 13. The lowest BCUT2D eigenvalue weighted by Crippen LogP contribution is -2.62. The number of morpholine rings is 1. The van der Waals surface area contributed by atoms with Crippen molar-refractivity contribution in [2.24, 2.45) is 11.1 Å². The number of carbonyl (C=O) groups excluding carboxylic acids is 3. The van der Waals surface area contributed by atoms with Crippen LogP contribution in [0.15, 0.2) is 76.5 Å². The van der Waals surface area contributed by atoms with Crippen LogP contribution in [0.1, 0.15) is 42.7 Å². The summed E-state index contributed by atoms with van der Waals surface area (Å²) in [6.07, 6.45) is 2.63. The van der Waals surface area contributed by atoms with Crippen LogP contribution in [0.5, 0.6) is 5.75 Å². The van der Waals surface area contributed by atoms with E-state index in [9.17, 15) is 19.3 Å². The highest BCUT2D eigenvalue weighted by molar-refractivity contribution is 5.94. The Morgan fingerprint density at radius 2 is 1.64 bits per heavy atom. The SMILES string of the molecule is O=Nc1ccc(NCCOCCOCCC(=O)NCCOc2cccc([C@@H](c3ccccc3)C3CCN(C(=O)N4CC[C@@H]5OCC(=O)N[C@@H]5C4)CC3)c2)c2nonc12. The van der Waals surface area contributed by atoms with Crippen LogP contribution in [-0.2, 0) is 23.8 Å². The molecule has 3 fully saturated rings. The highest BCUT2D eigenvalue weighted by Gasteiger charge is 2.39. The molecule has 58 heavy (non-hydrogen) atoms. The van der Waals surface area contributed by atoms with Gasteiger partial charge in [0.05, 0.1) is 50.8 Å². The molecule has 3 N–H and O–H groups in total. The van der Waals surface area contributed by atoms with Crippen molar-refractivity contribution in [2.75, 3.05) is 84.2 Å². The number of nitroso groups, excluding NO2 is 1. The fourth-order valence-electron chi connectivity index (χ4n) is 7.95. The van der Waals surface area contributed by atoms with E-state index in [1.165, 1.54) is 5.56 Å². The van der Waals surface area contributed by atoms with E-state index in [0.717, 1.165) is 30.6 Å². The largest absolute Gasteiger partial charge is 0.492 e. The molecule has 17 heteroatoms. The van der Waals surface area contributed by atoms with Gasteiger partial charge in [-0.25, -0.2) is 9.42 Å². The second-order valence-electron chi connectivity index (χ2n) is 14.6. The molecule has 0 bridgehead atoms. The van der Waals surface area contributed by atoms with Gasteiger partial charge in [-0.1, -0.05) is 42.5 Å². The van der Waals surface area contributed by atoms with E-state index in [0.29, 0.717) is 88.3 Å². The molecule has 7 rings (SSSR count). The number of ether oxygens (including phenoxy) is 4. The van der Waals surface area contributed by atoms with E-state index in [2.05, 4.69) is 67.8 Å². The Balaban J connectivity index is 0.793. The Labute approximate surface area is 336 Å². The van der Waals surface area contributed by atoms with Crippen LogP contribution in [0.3, 0.4) is 0 Å². The Kier molecular flexibility index (Phi) is 14.1. The molecule has 3 atom stereocenters. The van der Waals surface area contributed by atoms with Crippen molar-refractivity contribution in [1.29, 1.82) is 0 Å². The predicted molar refractivity (Wildman–Crippen MR) is 213 cm³/mol. The molecule has 4 aromatic rings. The topological polar surface area (TPSA) is 199 Å². The Bertz CT molecular complexity index is 1990. The van der Waals surface area contributed by atoms with Crippen molar-refractivity contribution in [2.45, 2.75) is 43.7 Å². The molecule has 0 aliphatic carbocycles. The van der Waals surface area contributed by atoms with E-state index >= 15 is 0 Å². The van der Waals surface area contributed by atoms with Gasteiger partial charge in [0.2, 0.25) is 11.8 Å². The summed E-state index contributed by atoms with van der Waals surface area (Å²) < 4.78 is 27.6. The highest BCUT2D eigenvalue weighted by atomic mass is 16.6. The van der Waals surface area contributed by atoms with Gasteiger partial charge in [-0.15, -0.1) is 4.91 Å². The van der Waals surface area contributed by atoms with Crippen molar-refractivity contribution in [3.05, 3.63) is 82.8 Å². The average molecular weight is 799 g/mol. The molecule has 3 aromatic carbocycles. The van der Waals surface area contributed by atoms with Gasteiger partial charge in [-0.05, 0) is 76.1 Å². The minimum absolute atomic E-state index is 0.0300. The van der Waals surface area contributed by atoms with E-state index < -0.39 is 0 Å². The second-order valence-corrected chi connectivity index (χ2v) is 14.6. The molecule has 1 aromatic heterocycles. The van der Waals surface area contributed by atoms with Gasteiger partial charge in [-0.2, -0.15) is 0 Å². The van der Waals surface area contributed by atoms with Gasteiger partial charge < -0.3 is 44.7 Å². The van der Waals surface area contributed by atoms with Crippen molar-refractivity contribution >= 4 is 40.3 Å². The number of aromatic nitrogens is 2. The number of nitrogens with zero attached hydrogens (tertiary/aromatic N) is 5. The summed E-state index contributed by atoms with van der Waals surface area (Å²) in [5.74, 6) is 0.936. The zero-order valence-corrected chi connectivity index (χ0v) is 32.4. The lowest BCUT2D eigenvalue weighted by Gasteiger charge is -2.44. The smallest absolute Gasteiger partial charge is 0.320 e. The summed E-state index contributed by atoms with van der Waals surface area (Å²) in [5.41, 5.74) is 3.92. The Morgan fingerprint density at radius 3 is 2.47 bits per heavy atom. The quantitative estimate of drug-likeness (QED) is 0.0959. The normalized spacial score (nSPS) is 18.9. The molecule has 3 aliphatic rings. The summed E-state index contributed by atoms with van der Waals surface area (Å²) in [5, 5.41) is 19.5. The molecule has 0 unspecified atom stereocenters. The third-order valence-corrected chi connectivity index (χ3v) is 10.8. The van der Waals surface area contributed by atoms with Gasteiger partial charge in [0, 0.05) is 45.1 Å². The first-order chi connectivity index (χ1) is 28.5. The van der Waals surface area contributed by atoms with E-state index in [1.807, 2.05) is 28.0 Å². The molecule has 0 spiro atoms. The number of benzene rings is 3. The fourth-order valence-corrected chi connectivity index (χ4v) is 7.95. The maximum Gasteiger partial charge on any atom is 0.320 e. The zero-order chi connectivity index (χ0) is 40.1. The number of carbonyl (C=O) groups is 3. The first kappa shape index (κ1) is 40.5. The number of fused-ring (bicyclic) bond motifs is 2. The molecule has 17 nitrogen and oxygen atoms in total. The van der Waals surface area contributed by atoms with E-state index in [1.54, 1.807) is 12.1 Å². The van der Waals surface area contributed by atoms with Crippen LogP contribution >= 0.6 is 0 Å². The van der Waals surface area contributed by atoms with E-state index in [-0.39, 0.29) is 61.2 Å². The second kappa shape index (κ2) is 20.2. The molecule has 4 heterocycles. The number of hydrogen-bond donors (Lipinski definition) is 3. The van der Waals surface area contributed by atoms with Crippen LogP contribution in [-0.4, -0.2) is 129 Å². The molecular formula is C41H50N8O9. The molecular weight excluding hydrogens is 748 g/mol. The third-order valence-electron chi connectivity index (χ3n) is 10.8. The number of urea groups is 1. The number of piperidine rings is 2. The molecule has 308 valence electrons. The molecule has 3 saturated heterocycles. The summed E-state index contributed by atoms with van der Waals surface area (Å²) in [7, 11) is 0. The van der Waals surface area contributed by atoms with E-state index in [4.69, 9.17) is 23.6 Å². The monoisotopic (exact) mass is 798 g/mol. The summed E-state index contributed by atoms with van der Waals surface area (Å²) in [6, 6.07) is 21.7. The summed E-state index contributed by atoms with van der Waals surface area (Å²) >= 11 is 0. The van der Waals surface area contributed by atoms with Crippen LogP contribution in [0, 0.1) is 10.8 Å². The molecule has 3 aliphatic heterocycles. The average Bonchev–Trinajstić information content (AvgIpc) is 3.76.